The number of carboxylic acid groups (broad SMARTS) is 1. The van der Waals surface area contributed by atoms with Crippen LogP contribution in [0.3, 0.4) is 0 Å². The fourth-order valence-electron chi connectivity index (χ4n) is 1.26. The fraction of sp³-hybridized carbons (Fsp3) is 0.200. The summed E-state index contributed by atoms with van der Waals surface area (Å²) in [7, 11) is 0. The van der Waals surface area contributed by atoms with E-state index in [-0.39, 0.29) is 11.8 Å². The van der Waals surface area contributed by atoms with Crippen LogP contribution in [0.1, 0.15) is 22.0 Å². The molecule has 0 fully saturated rings. The molecule has 1 aromatic rings. The lowest BCUT2D eigenvalue weighted by atomic mass is 10.0. The van der Waals surface area contributed by atoms with E-state index in [1.54, 1.807) is 0 Å². The summed E-state index contributed by atoms with van der Waals surface area (Å²) >= 11 is 0. The number of halogens is 3. The largest absolute Gasteiger partial charge is 0.479 e. The molecule has 1 rings (SSSR count). The number of rotatable bonds is 5. The third-order valence-corrected chi connectivity index (χ3v) is 1.97. The van der Waals surface area contributed by atoms with Crippen molar-refractivity contribution >= 4 is 12.3 Å². The number of carboxylic acids is 1. The molecular formula is C10H7F3O5. The maximum atomic E-state index is 13.5. The van der Waals surface area contributed by atoms with Crippen molar-refractivity contribution in [2.45, 2.75) is 12.7 Å². The van der Waals surface area contributed by atoms with Crippen LogP contribution in [0.15, 0.2) is 12.1 Å². The predicted octanol–water partition coefficient (Wildman–Crippen LogP) is 1.36. The Hall–Kier alpha value is -2.09. The third kappa shape index (κ3) is 2.98. The maximum Gasteiger partial charge on any atom is 0.387 e. The summed E-state index contributed by atoms with van der Waals surface area (Å²) in [6.07, 6.45) is -2.21. The highest BCUT2D eigenvalue weighted by Crippen LogP contribution is 2.30. The molecule has 1 aromatic carbocycles. The predicted molar refractivity (Wildman–Crippen MR) is 51.0 cm³/mol. The van der Waals surface area contributed by atoms with Gasteiger partial charge in [0.2, 0.25) is 0 Å². The van der Waals surface area contributed by atoms with Crippen molar-refractivity contribution in [2.24, 2.45) is 0 Å². The first-order valence-electron chi connectivity index (χ1n) is 4.51. The minimum atomic E-state index is -3.36. The SMILES string of the molecule is O=Cc1cc(F)c(C(O)C(=O)O)c(OC(F)F)c1. The average molecular weight is 264 g/mol. The van der Waals surface area contributed by atoms with Crippen molar-refractivity contribution < 1.29 is 37.7 Å². The molecular weight excluding hydrogens is 257 g/mol. The van der Waals surface area contributed by atoms with Gasteiger partial charge in [-0.3, -0.25) is 4.79 Å². The lowest BCUT2D eigenvalue weighted by Crippen LogP contribution is -2.16. The Bertz CT molecular complexity index is 475. The summed E-state index contributed by atoms with van der Waals surface area (Å²) in [5.41, 5.74) is -1.29. The number of hydrogen-bond acceptors (Lipinski definition) is 4. The molecule has 8 heteroatoms. The molecule has 0 heterocycles. The summed E-state index contributed by atoms with van der Waals surface area (Å²) in [4.78, 5) is 20.9. The molecule has 1 unspecified atom stereocenters. The van der Waals surface area contributed by atoms with E-state index in [2.05, 4.69) is 4.74 Å². The standard InChI is InChI=1S/C10H7F3O5/c11-5-1-4(3-14)2-6(18-10(12)13)7(5)8(15)9(16)17/h1-3,8,10,15H,(H,16,17). The summed E-state index contributed by atoms with van der Waals surface area (Å²) in [5, 5.41) is 17.7. The Morgan fingerprint density at radius 2 is 2.00 bits per heavy atom. The molecule has 0 aliphatic carbocycles. The molecule has 18 heavy (non-hydrogen) atoms. The van der Waals surface area contributed by atoms with Crippen molar-refractivity contribution in [3.63, 3.8) is 0 Å². The normalized spacial score (nSPS) is 12.3. The molecule has 0 aliphatic rings. The van der Waals surface area contributed by atoms with Crippen LogP contribution in [0.25, 0.3) is 0 Å². The van der Waals surface area contributed by atoms with E-state index in [9.17, 15) is 27.9 Å². The van der Waals surface area contributed by atoms with Crippen LogP contribution >= 0.6 is 0 Å². The first-order valence-corrected chi connectivity index (χ1v) is 4.51. The Labute approximate surface area is 98.4 Å². The number of aldehydes is 1. The Morgan fingerprint density at radius 3 is 2.44 bits per heavy atom. The number of ether oxygens (including phenoxy) is 1. The second kappa shape index (κ2) is 5.50. The van der Waals surface area contributed by atoms with Crippen LogP contribution in [0.5, 0.6) is 5.75 Å². The van der Waals surface area contributed by atoms with Gasteiger partial charge < -0.3 is 14.9 Å². The number of carbonyl (C=O) groups is 2. The van der Waals surface area contributed by atoms with Crippen LogP contribution in [0, 0.1) is 5.82 Å². The second-order valence-electron chi connectivity index (χ2n) is 3.15. The molecule has 0 spiro atoms. The molecule has 2 N–H and O–H groups in total. The smallest absolute Gasteiger partial charge is 0.387 e. The zero-order chi connectivity index (χ0) is 13.9. The minimum Gasteiger partial charge on any atom is -0.479 e. The Morgan fingerprint density at radius 1 is 1.39 bits per heavy atom. The van der Waals surface area contributed by atoms with E-state index in [1.807, 2.05) is 0 Å². The number of benzene rings is 1. The molecule has 1 atom stereocenters. The topological polar surface area (TPSA) is 83.8 Å². The number of carbonyl (C=O) groups excluding carboxylic acids is 1. The summed E-state index contributed by atoms with van der Waals surface area (Å²) in [6, 6.07) is 1.32. The molecule has 0 saturated carbocycles. The molecule has 5 nitrogen and oxygen atoms in total. The first-order chi connectivity index (χ1) is 8.36. The zero-order valence-electron chi connectivity index (χ0n) is 8.64. The van der Waals surface area contributed by atoms with E-state index >= 15 is 0 Å². The molecule has 0 saturated heterocycles. The van der Waals surface area contributed by atoms with Crippen molar-refractivity contribution in [2.75, 3.05) is 0 Å². The van der Waals surface area contributed by atoms with Gasteiger partial charge in [-0.05, 0) is 12.1 Å². The second-order valence-corrected chi connectivity index (χ2v) is 3.15. The molecule has 0 amide bonds. The van der Waals surface area contributed by atoms with Crippen LogP contribution < -0.4 is 4.74 Å². The van der Waals surface area contributed by atoms with E-state index in [0.717, 1.165) is 0 Å². The van der Waals surface area contributed by atoms with Crippen LogP contribution in [0.4, 0.5) is 13.2 Å². The minimum absolute atomic E-state index is 0.165. The van der Waals surface area contributed by atoms with Crippen LogP contribution in [-0.4, -0.2) is 29.1 Å². The van der Waals surface area contributed by atoms with Gasteiger partial charge in [-0.15, -0.1) is 0 Å². The molecule has 98 valence electrons. The maximum absolute atomic E-state index is 13.5. The lowest BCUT2D eigenvalue weighted by molar-refractivity contribution is -0.147. The van der Waals surface area contributed by atoms with E-state index in [0.29, 0.717) is 12.1 Å². The monoisotopic (exact) mass is 264 g/mol. The van der Waals surface area contributed by atoms with Gasteiger partial charge in [0.1, 0.15) is 17.9 Å². The number of aliphatic hydroxyl groups is 1. The van der Waals surface area contributed by atoms with E-state index in [1.165, 1.54) is 0 Å². The summed E-state index contributed by atoms with van der Waals surface area (Å²) in [6.45, 7) is -3.36. The Balaban J connectivity index is 3.36. The van der Waals surface area contributed by atoms with Gasteiger partial charge in [0.05, 0.1) is 5.56 Å². The van der Waals surface area contributed by atoms with E-state index < -0.39 is 35.8 Å². The van der Waals surface area contributed by atoms with Gasteiger partial charge in [0, 0.05) is 5.56 Å². The number of alkyl halides is 2. The van der Waals surface area contributed by atoms with Crippen molar-refractivity contribution in [1.82, 2.24) is 0 Å². The summed E-state index contributed by atoms with van der Waals surface area (Å²) in [5.74, 6) is -4.07. The third-order valence-electron chi connectivity index (χ3n) is 1.97. The quantitative estimate of drug-likeness (QED) is 0.784. The molecule has 0 aliphatic heterocycles. The highest BCUT2D eigenvalue weighted by atomic mass is 19.3. The molecule has 0 radical (unpaired) electrons. The van der Waals surface area contributed by atoms with Crippen molar-refractivity contribution in [1.29, 1.82) is 0 Å². The van der Waals surface area contributed by atoms with Gasteiger partial charge >= 0.3 is 12.6 Å². The first kappa shape index (κ1) is 14.0. The van der Waals surface area contributed by atoms with Gasteiger partial charge in [0.15, 0.2) is 6.10 Å². The highest BCUT2D eigenvalue weighted by molar-refractivity contribution is 5.79. The highest BCUT2D eigenvalue weighted by Gasteiger charge is 2.26. The molecule has 0 bridgehead atoms. The van der Waals surface area contributed by atoms with Crippen LogP contribution in [-0.2, 0) is 4.79 Å². The Kier molecular flexibility index (Phi) is 4.27. The fourth-order valence-corrected chi connectivity index (χ4v) is 1.26. The van der Waals surface area contributed by atoms with Gasteiger partial charge in [0.25, 0.3) is 0 Å². The van der Waals surface area contributed by atoms with Gasteiger partial charge in [-0.1, -0.05) is 0 Å². The molecule has 0 aromatic heterocycles. The van der Waals surface area contributed by atoms with Crippen molar-refractivity contribution in [3.05, 3.63) is 29.1 Å². The number of hydrogen-bond donors (Lipinski definition) is 2. The average Bonchev–Trinajstić information content (AvgIpc) is 2.26. The zero-order valence-corrected chi connectivity index (χ0v) is 8.64. The van der Waals surface area contributed by atoms with E-state index in [4.69, 9.17) is 5.11 Å². The van der Waals surface area contributed by atoms with Crippen molar-refractivity contribution in [3.8, 4) is 5.75 Å². The summed E-state index contributed by atoms with van der Waals surface area (Å²) < 4.78 is 41.5. The number of aliphatic hydroxyl groups excluding tert-OH is 1. The van der Waals surface area contributed by atoms with Crippen LogP contribution in [0.2, 0.25) is 0 Å². The number of aliphatic carboxylic acids is 1. The van der Waals surface area contributed by atoms with Gasteiger partial charge in [-0.2, -0.15) is 8.78 Å². The lowest BCUT2D eigenvalue weighted by Gasteiger charge is -2.14. The van der Waals surface area contributed by atoms with Gasteiger partial charge in [-0.25, -0.2) is 9.18 Å².